The Hall–Kier alpha value is -1.12. The first kappa shape index (κ1) is 23.2. The highest BCUT2D eigenvalue weighted by Crippen LogP contribution is 2.38. The number of carbonyl (C=O) groups excluding carboxylic acids is 2. The molecule has 8 heteroatoms. The molecule has 7 nitrogen and oxygen atoms in total. The number of amides is 2. The van der Waals surface area contributed by atoms with E-state index in [2.05, 4.69) is 10.6 Å². The smallest absolute Gasteiger partial charge is 0.403 e. The molecule has 2 aliphatic rings. The maximum absolute atomic E-state index is 13.1. The molecule has 0 aromatic carbocycles. The van der Waals surface area contributed by atoms with E-state index in [1.165, 1.54) is 6.92 Å². The second-order valence-corrected chi connectivity index (χ2v) is 10.1. The van der Waals surface area contributed by atoms with Crippen molar-refractivity contribution < 1.29 is 23.6 Å². The Morgan fingerprint density at radius 1 is 1.11 bits per heavy atom. The topological polar surface area (TPSA) is 85.9 Å². The van der Waals surface area contributed by atoms with Gasteiger partial charge in [0.25, 0.3) is 0 Å². The Balaban J connectivity index is 2.02. The van der Waals surface area contributed by atoms with E-state index >= 15 is 0 Å². The van der Waals surface area contributed by atoms with Gasteiger partial charge in [-0.1, -0.05) is 6.42 Å². The van der Waals surface area contributed by atoms with Crippen LogP contribution in [0.3, 0.4) is 0 Å². The van der Waals surface area contributed by atoms with Crippen molar-refractivity contribution >= 4 is 18.9 Å². The van der Waals surface area contributed by atoms with Gasteiger partial charge in [0.05, 0.1) is 17.3 Å². The highest BCUT2D eigenvalue weighted by molar-refractivity contribution is 6.45. The predicted octanol–water partition coefficient (Wildman–Crippen LogP) is 2.44. The third-order valence-electron chi connectivity index (χ3n) is 5.87. The average Bonchev–Trinajstić information content (AvgIpc) is 2.96. The van der Waals surface area contributed by atoms with Crippen LogP contribution in [0.4, 0.5) is 0 Å². The van der Waals surface area contributed by atoms with Crippen molar-refractivity contribution in [2.75, 3.05) is 6.61 Å². The molecule has 28 heavy (non-hydrogen) atoms. The summed E-state index contributed by atoms with van der Waals surface area (Å²) in [6, 6.07) is 0. The van der Waals surface area contributed by atoms with Gasteiger partial charge < -0.3 is 24.7 Å². The van der Waals surface area contributed by atoms with E-state index in [1.807, 2.05) is 48.5 Å². The minimum Gasteiger partial charge on any atom is -0.403 e. The molecule has 0 spiro atoms. The SMILES string of the molecule is CC(=O)N[C@@]1(C(=O)NC(C)(C)C)CCO[C@@H]1CCCB1OC(C)(C)C(C)(C)O1. The van der Waals surface area contributed by atoms with E-state index in [9.17, 15) is 9.59 Å². The monoisotopic (exact) mass is 396 g/mol. The zero-order valence-electron chi connectivity index (χ0n) is 18.7. The zero-order chi connectivity index (χ0) is 21.4. The molecule has 2 atom stereocenters. The average molecular weight is 396 g/mol. The van der Waals surface area contributed by atoms with Crippen molar-refractivity contribution in [1.82, 2.24) is 10.6 Å². The standard InChI is InChI=1S/C20H37BN2O5/c1-14(24)22-20(16(25)23-17(2,3)4)11-13-26-15(20)10-9-12-21-27-18(5,6)19(7,8)28-21/h15H,9-13H2,1-8H3,(H,22,24)(H,23,25)/t15-,20+/m1/s1. The largest absolute Gasteiger partial charge is 0.457 e. The van der Waals surface area contributed by atoms with Crippen LogP contribution in [0.2, 0.25) is 6.32 Å². The van der Waals surface area contributed by atoms with E-state index in [4.69, 9.17) is 14.0 Å². The lowest BCUT2D eigenvalue weighted by Crippen LogP contribution is -2.65. The summed E-state index contributed by atoms with van der Waals surface area (Å²) in [4.78, 5) is 24.9. The molecule has 2 rings (SSSR count). The highest BCUT2D eigenvalue weighted by Gasteiger charge is 2.53. The highest BCUT2D eigenvalue weighted by atomic mass is 16.7. The van der Waals surface area contributed by atoms with E-state index < -0.39 is 11.1 Å². The molecule has 0 aromatic rings. The number of ether oxygens (including phenoxy) is 1. The van der Waals surface area contributed by atoms with Crippen molar-refractivity contribution in [3.63, 3.8) is 0 Å². The van der Waals surface area contributed by atoms with Gasteiger partial charge in [0.15, 0.2) is 0 Å². The summed E-state index contributed by atoms with van der Waals surface area (Å²) in [6.45, 7) is 15.8. The van der Waals surface area contributed by atoms with Crippen molar-refractivity contribution in [3.8, 4) is 0 Å². The number of hydrogen-bond donors (Lipinski definition) is 2. The van der Waals surface area contributed by atoms with E-state index in [0.717, 1.165) is 6.42 Å². The van der Waals surface area contributed by atoms with Gasteiger partial charge in [0.2, 0.25) is 11.8 Å². The van der Waals surface area contributed by atoms with Gasteiger partial charge in [0, 0.05) is 25.5 Å². The van der Waals surface area contributed by atoms with E-state index in [-0.39, 0.29) is 36.2 Å². The summed E-state index contributed by atoms with van der Waals surface area (Å²) < 4.78 is 18.0. The third-order valence-corrected chi connectivity index (χ3v) is 5.87. The Labute approximate surface area is 169 Å². The lowest BCUT2D eigenvalue weighted by molar-refractivity contribution is -0.136. The van der Waals surface area contributed by atoms with E-state index in [0.29, 0.717) is 25.8 Å². The van der Waals surface area contributed by atoms with Gasteiger partial charge in [0.1, 0.15) is 5.54 Å². The number of nitrogens with one attached hydrogen (secondary N) is 2. The van der Waals surface area contributed by atoms with Gasteiger partial charge >= 0.3 is 7.12 Å². The number of hydrogen-bond acceptors (Lipinski definition) is 5. The van der Waals surface area contributed by atoms with Crippen LogP contribution < -0.4 is 10.6 Å². The quantitative estimate of drug-likeness (QED) is 0.674. The molecule has 0 aliphatic carbocycles. The minimum atomic E-state index is -1.03. The fraction of sp³-hybridized carbons (Fsp3) is 0.900. The molecule has 0 saturated carbocycles. The van der Waals surface area contributed by atoms with Gasteiger partial charge in [-0.15, -0.1) is 0 Å². The molecule has 2 fully saturated rings. The minimum absolute atomic E-state index is 0.187. The molecule has 0 bridgehead atoms. The van der Waals surface area contributed by atoms with Crippen LogP contribution in [0, 0.1) is 0 Å². The first-order valence-corrected chi connectivity index (χ1v) is 10.3. The van der Waals surface area contributed by atoms with Crippen molar-refractivity contribution in [1.29, 1.82) is 0 Å². The van der Waals surface area contributed by atoms with Gasteiger partial charge in [-0.25, -0.2) is 0 Å². The van der Waals surface area contributed by atoms with Crippen LogP contribution in [-0.4, -0.2) is 53.9 Å². The van der Waals surface area contributed by atoms with Gasteiger partial charge in [-0.3, -0.25) is 9.59 Å². The lowest BCUT2D eigenvalue weighted by atomic mass is 9.79. The normalized spacial score (nSPS) is 29.0. The summed E-state index contributed by atoms with van der Waals surface area (Å²) in [5, 5.41) is 5.90. The maximum atomic E-state index is 13.1. The Morgan fingerprint density at radius 3 is 2.18 bits per heavy atom. The predicted molar refractivity (Wildman–Crippen MR) is 109 cm³/mol. The second kappa shape index (κ2) is 7.96. The Morgan fingerprint density at radius 2 is 1.68 bits per heavy atom. The first-order chi connectivity index (χ1) is 12.7. The van der Waals surface area contributed by atoms with Crippen LogP contribution >= 0.6 is 0 Å². The van der Waals surface area contributed by atoms with E-state index in [1.54, 1.807) is 0 Å². The first-order valence-electron chi connectivity index (χ1n) is 10.3. The molecule has 2 amide bonds. The van der Waals surface area contributed by atoms with Crippen LogP contribution in [0.5, 0.6) is 0 Å². The molecule has 2 N–H and O–H groups in total. The van der Waals surface area contributed by atoms with Crippen molar-refractivity contribution in [2.45, 2.75) is 109 Å². The number of rotatable bonds is 6. The second-order valence-electron chi connectivity index (χ2n) is 10.1. The fourth-order valence-electron chi connectivity index (χ4n) is 3.77. The van der Waals surface area contributed by atoms with Crippen LogP contribution in [-0.2, 0) is 23.6 Å². The summed E-state index contributed by atoms with van der Waals surface area (Å²) in [5.74, 6) is -0.418. The molecule has 0 unspecified atom stereocenters. The lowest BCUT2D eigenvalue weighted by Gasteiger charge is -2.36. The molecule has 2 saturated heterocycles. The van der Waals surface area contributed by atoms with Crippen LogP contribution in [0.25, 0.3) is 0 Å². The van der Waals surface area contributed by atoms with Crippen LogP contribution in [0.1, 0.15) is 74.7 Å². The molecule has 0 aromatic heterocycles. The summed E-state index contributed by atoms with van der Waals surface area (Å²) in [5.41, 5.74) is -2.13. The third kappa shape index (κ3) is 5.08. The Bertz CT molecular complexity index is 586. The molecule has 2 aliphatic heterocycles. The summed E-state index contributed by atoms with van der Waals surface area (Å²) >= 11 is 0. The molecule has 0 radical (unpaired) electrons. The van der Waals surface area contributed by atoms with Crippen LogP contribution in [0.15, 0.2) is 0 Å². The van der Waals surface area contributed by atoms with Crippen molar-refractivity contribution in [2.24, 2.45) is 0 Å². The zero-order valence-corrected chi connectivity index (χ0v) is 18.7. The Kier molecular flexibility index (Phi) is 6.58. The summed E-state index contributed by atoms with van der Waals surface area (Å²) in [7, 11) is -0.273. The van der Waals surface area contributed by atoms with Gasteiger partial charge in [-0.2, -0.15) is 0 Å². The molecule has 160 valence electrons. The fourth-order valence-corrected chi connectivity index (χ4v) is 3.77. The maximum Gasteiger partial charge on any atom is 0.457 e. The molecular weight excluding hydrogens is 359 g/mol. The molecule has 2 heterocycles. The van der Waals surface area contributed by atoms with Crippen molar-refractivity contribution in [3.05, 3.63) is 0 Å². The molecular formula is C20H37BN2O5. The summed E-state index contributed by atoms with van der Waals surface area (Å²) in [6.07, 6.45) is 2.22. The number of carbonyl (C=O) groups is 2. The van der Waals surface area contributed by atoms with Gasteiger partial charge in [-0.05, 0) is 61.2 Å².